The molecule has 3 aromatic rings. The molecule has 0 saturated carbocycles. The molecular weight excluding hydrogens is 432 g/mol. The number of phenols is 1. The first kappa shape index (κ1) is 15.9. The van der Waals surface area contributed by atoms with Crippen LogP contribution in [0.2, 0.25) is 0 Å². The molecule has 0 aromatic heterocycles. The molecule has 0 heterocycles. The van der Waals surface area contributed by atoms with Crippen molar-refractivity contribution < 1.29 is 10.2 Å². The van der Waals surface area contributed by atoms with Gasteiger partial charge in [0.2, 0.25) is 0 Å². The van der Waals surface area contributed by atoms with Crippen LogP contribution in [0.15, 0.2) is 57.5 Å². The molecule has 3 aromatic carbocycles. The highest BCUT2D eigenvalue weighted by molar-refractivity contribution is 9.10. The molecule has 0 spiro atoms. The smallest absolute Gasteiger partial charge is 0.123 e. The number of phenolic OH excluding ortho intramolecular Hbond substituents is 1. The van der Waals surface area contributed by atoms with Crippen LogP contribution in [0.5, 0.6) is 5.75 Å². The normalized spacial score (nSPS) is 16.8. The molecule has 0 radical (unpaired) electrons. The largest absolute Gasteiger partial charge is 0.507 e. The van der Waals surface area contributed by atoms with Crippen molar-refractivity contribution in [3.63, 3.8) is 0 Å². The van der Waals surface area contributed by atoms with Crippen LogP contribution in [-0.4, -0.2) is 16.3 Å². The molecule has 24 heavy (non-hydrogen) atoms. The van der Waals surface area contributed by atoms with E-state index >= 15 is 0 Å². The zero-order chi connectivity index (χ0) is 16.8. The fraction of sp³-hybridized carbons (Fsp3) is 0.100. The Labute approximate surface area is 156 Å². The first-order valence-corrected chi connectivity index (χ1v) is 9.23. The molecule has 0 aliphatic heterocycles. The standard InChI is InChI=1S/C20H14Br2O2/c21-13-3-5-15-11(9-13)1-7-17(23)19(15)20-16-6-4-14(22)10-12(16)2-8-18(20)24/h1-7,9-10,18,23-24H,8H2. The van der Waals surface area contributed by atoms with Gasteiger partial charge in [-0.15, -0.1) is 0 Å². The Kier molecular flexibility index (Phi) is 3.99. The van der Waals surface area contributed by atoms with E-state index in [9.17, 15) is 10.2 Å². The van der Waals surface area contributed by atoms with Gasteiger partial charge in [0, 0.05) is 20.1 Å². The van der Waals surface area contributed by atoms with Gasteiger partial charge in [0.05, 0.1) is 6.10 Å². The third kappa shape index (κ3) is 2.59. The van der Waals surface area contributed by atoms with Gasteiger partial charge in [-0.25, -0.2) is 0 Å². The minimum Gasteiger partial charge on any atom is -0.507 e. The first-order chi connectivity index (χ1) is 11.5. The summed E-state index contributed by atoms with van der Waals surface area (Å²) in [6, 6.07) is 15.5. The lowest BCUT2D eigenvalue weighted by Gasteiger charge is -2.21. The molecule has 4 rings (SSSR count). The summed E-state index contributed by atoms with van der Waals surface area (Å²) in [7, 11) is 0. The minimum absolute atomic E-state index is 0.189. The summed E-state index contributed by atoms with van der Waals surface area (Å²) < 4.78 is 1.98. The number of hydrogen-bond donors (Lipinski definition) is 2. The lowest BCUT2D eigenvalue weighted by Crippen LogP contribution is -2.35. The number of rotatable bonds is 1. The Bertz CT molecular complexity index is 1090. The summed E-state index contributed by atoms with van der Waals surface area (Å²) in [5, 5.41) is 25.2. The molecule has 4 heteroatoms. The van der Waals surface area contributed by atoms with Crippen molar-refractivity contribution in [3.05, 3.63) is 73.5 Å². The molecule has 2 N–H and O–H groups in total. The number of aliphatic hydroxyl groups excluding tert-OH is 1. The van der Waals surface area contributed by atoms with Gasteiger partial charge in [-0.05, 0) is 58.0 Å². The second-order valence-electron chi connectivity index (χ2n) is 5.93. The second-order valence-corrected chi connectivity index (χ2v) is 7.76. The Morgan fingerprint density at radius 1 is 0.917 bits per heavy atom. The monoisotopic (exact) mass is 444 g/mol. The summed E-state index contributed by atoms with van der Waals surface area (Å²) in [5.74, 6) is 0.189. The number of aromatic hydroxyl groups is 1. The van der Waals surface area contributed by atoms with Gasteiger partial charge in [0.15, 0.2) is 0 Å². The molecule has 1 aliphatic rings. The fourth-order valence-electron chi connectivity index (χ4n) is 3.36. The highest BCUT2D eigenvalue weighted by Gasteiger charge is 2.21. The van der Waals surface area contributed by atoms with E-state index in [1.54, 1.807) is 6.07 Å². The molecule has 2 nitrogen and oxygen atoms in total. The third-order valence-electron chi connectivity index (χ3n) is 4.43. The molecule has 0 fully saturated rings. The highest BCUT2D eigenvalue weighted by atomic mass is 79.9. The van der Waals surface area contributed by atoms with Crippen molar-refractivity contribution in [2.24, 2.45) is 0 Å². The number of fused-ring (bicyclic) bond motifs is 2. The van der Waals surface area contributed by atoms with Crippen LogP contribution in [0.1, 0.15) is 12.0 Å². The Morgan fingerprint density at radius 2 is 1.67 bits per heavy atom. The summed E-state index contributed by atoms with van der Waals surface area (Å²) in [5.41, 5.74) is 1.49. The molecule has 0 bridgehead atoms. The van der Waals surface area contributed by atoms with Gasteiger partial charge in [0.1, 0.15) is 5.75 Å². The Balaban J connectivity index is 2.17. The zero-order valence-corrected chi connectivity index (χ0v) is 15.8. The predicted octanol–water partition coefficient (Wildman–Crippen LogP) is 3.81. The zero-order valence-electron chi connectivity index (χ0n) is 12.6. The summed E-state index contributed by atoms with van der Waals surface area (Å²) in [4.78, 5) is 0. The van der Waals surface area contributed by atoms with E-state index in [2.05, 4.69) is 31.9 Å². The van der Waals surface area contributed by atoms with Crippen molar-refractivity contribution in [2.45, 2.75) is 12.5 Å². The van der Waals surface area contributed by atoms with Gasteiger partial charge in [0.25, 0.3) is 0 Å². The van der Waals surface area contributed by atoms with Gasteiger partial charge in [-0.3, -0.25) is 0 Å². The van der Waals surface area contributed by atoms with Crippen molar-refractivity contribution in [2.75, 3.05) is 0 Å². The number of hydrogen-bond acceptors (Lipinski definition) is 2. The molecule has 0 amide bonds. The maximum atomic E-state index is 10.7. The van der Waals surface area contributed by atoms with Crippen LogP contribution in [-0.2, 0) is 0 Å². The van der Waals surface area contributed by atoms with Crippen molar-refractivity contribution in [1.82, 2.24) is 0 Å². The molecule has 1 atom stereocenters. The lowest BCUT2D eigenvalue weighted by atomic mass is 9.88. The Hall–Kier alpha value is -1.62. The number of benzene rings is 3. The van der Waals surface area contributed by atoms with Crippen LogP contribution < -0.4 is 10.4 Å². The van der Waals surface area contributed by atoms with Crippen LogP contribution in [0, 0.1) is 0 Å². The van der Waals surface area contributed by atoms with E-state index in [0.29, 0.717) is 12.0 Å². The van der Waals surface area contributed by atoms with Crippen LogP contribution in [0.25, 0.3) is 22.4 Å². The van der Waals surface area contributed by atoms with Crippen molar-refractivity contribution in [3.8, 4) is 5.75 Å². The number of aliphatic hydroxyl groups is 1. The minimum atomic E-state index is -0.640. The fourth-order valence-corrected chi connectivity index (χ4v) is 4.11. The quantitative estimate of drug-likeness (QED) is 0.597. The van der Waals surface area contributed by atoms with E-state index < -0.39 is 6.10 Å². The maximum absolute atomic E-state index is 10.7. The van der Waals surface area contributed by atoms with E-state index in [-0.39, 0.29) is 5.75 Å². The average molecular weight is 446 g/mol. The van der Waals surface area contributed by atoms with E-state index in [1.165, 1.54) is 0 Å². The van der Waals surface area contributed by atoms with Gasteiger partial charge < -0.3 is 10.2 Å². The lowest BCUT2D eigenvalue weighted by molar-refractivity contribution is 0.238. The van der Waals surface area contributed by atoms with Gasteiger partial charge in [-0.2, -0.15) is 0 Å². The average Bonchev–Trinajstić information content (AvgIpc) is 2.56. The van der Waals surface area contributed by atoms with E-state index in [0.717, 1.165) is 35.7 Å². The molecule has 1 unspecified atom stereocenters. The topological polar surface area (TPSA) is 40.5 Å². The van der Waals surface area contributed by atoms with Crippen molar-refractivity contribution in [1.29, 1.82) is 0 Å². The van der Waals surface area contributed by atoms with Crippen LogP contribution in [0.4, 0.5) is 0 Å². The maximum Gasteiger partial charge on any atom is 0.123 e. The van der Waals surface area contributed by atoms with Crippen LogP contribution in [0.3, 0.4) is 0 Å². The third-order valence-corrected chi connectivity index (χ3v) is 5.41. The summed E-state index contributed by atoms with van der Waals surface area (Å²) >= 11 is 6.99. The Morgan fingerprint density at radius 3 is 2.50 bits per heavy atom. The van der Waals surface area contributed by atoms with Gasteiger partial charge >= 0.3 is 0 Å². The predicted molar refractivity (Wildman–Crippen MR) is 104 cm³/mol. The highest BCUT2D eigenvalue weighted by Crippen LogP contribution is 2.35. The summed E-state index contributed by atoms with van der Waals surface area (Å²) in [6.07, 6.45) is 1.93. The SMILES string of the molecule is Oc1ccc2cc(Br)ccc2c1C1=c2ccc(Br)cc2=CCC1O. The van der Waals surface area contributed by atoms with E-state index in [1.807, 2.05) is 48.5 Å². The molecule has 1 aliphatic carbocycles. The molecule has 120 valence electrons. The summed E-state index contributed by atoms with van der Waals surface area (Å²) in [6.45, 7) is 0. The van der Waals surface area contributed by atoms with Crippen LogP contribution >= 0.6 is 31.9 Å². The van der Waals surface area contributed by atoms with Crippen molar-refractivity contribution >= 4 is 54.3 Å². The van der Waals surface area contributed by atoms with E-state index in [4.69, 9.17) is 0 Å². The first-order valence-electron chi connectivity index (χ1n) is 7.64. The number of halogens is 2. The van der Waals surface area contributed by atoms with Gasteiger partial charge in [-0.1, -0.05) is 56.1 Å². The second kappa shape index (κ2) is 6.03. The molecular formula is C20H14Br2O2. The molecule has 0 saturated heterocycles.